The van der Waals surface area contributed by atoms with Crippen molar-refractivity contribution in [3.8, 4) is 11.3 Å². The standard InChI is InChI=1S/C21H17N5OS/c1-13(27)14-2-5-16(6-3-14)24-20-21-22-8-9-26(21)11-18(25-20)15-4-7-19-17(10-15)23-12-28-19/h2-13,27H,1H3,(H,24,25)/t13-/m0/s1. The van der Waals surface area contributed by atoms with Crippen LogP contribution in [0.1, 0.15) is 18.6 Å². The summed E-state index contributed by atoms with van der Waals surface area (Å²) in [6.07, 6.45) is 5.14. The molecule has 28 heavy (non-hydrogen) atoms. The molecule has 2 N–H and O–H groups in total. The third kappa shape index (κ3) is 3.00. The molecule has 0 bridgehead atoms. The number of nitrogens with one attached hydrogen (secondary N) is 1. The molecule has 6 nitrogen and oxygen atoms in total. The monoisotopic (exact) mass is 387 g/mol. The third-order valence-electron chi connectivity index (χ3n) is 4.66. The molecule has 1 atom stereocenters. The maximum Gasteiger partial charge on any atom is 0.180 e. The van der Waals surface area contributed by atoms with Crippen LogP contribution in [-0.4, -0.2) is 24.5 Å². The number of fused-ring (bicyclic) bond motifs is 2. The van der Waals surface area contributed by atoms with Crippen LogP contribution < -0.4 is 5.32 Å². The second-order valence-corrected chi connectivity index (χ2v) is 7.48. The summed E-state index contributed by atoms with van der Waals surface area (Å²) in [5, 5.41) is 13.0. The van der Waals surface area contributed by atoms with Crippen LogP contribution >= 0.6 is 11.3 Å². The highest BCUT2D eigenvalue weighted by Crippen LogP contribution is 2.28. The van der Waals surface area contributed by atoms with Crippen molar-refractivity contribution in [1.82, 2.24) is 19.4 Å². The van der Waals surface area contributed by atoms with Gasteiger partial charge in [0.05, 0.1) is 27.5 Å². The van der Waals surface area contributed by atoms with Crippen LogP contribution in [-0.2, 0) is 0 Å². The minimum absolute atomic E-state index is 0.491. The Balaban J connectivity index is 1.57. The van der Waals surface area contributed by atoms with Gasteiger partial charge in [0.1, 0.15) is 0 Å². The fourth-order valence-electron chi connectivity index (χ4n) is 3.15. The molecule has 0 radical (unpaired) electrons. The average Bonchev–Trinajstić information content (AvgIpc) is 3.37. The van der Waals surface area contributed by atoms with Gasteiger partial charge in [-0.1, -0.05) is 18.2 Å². The lowest BCUT2D eigenvalue weighted by Gasteiger charge is -2.11. The predicted octanol–water partition coefficient (Wildman–Crippen LogP) is 4.80. The number of anilines is 2. The molecule has 5 rings (SSSR count). The summed E-state index contributed by atoms with van der Waals surface area (Å²) in [6.45, 7) is 1.75. The summed E-state index contributed by atoms with van der Waals surface area (Å²) in [5.74, 6) is 0.672. The number of thiazole rings is 1. The van der Waals surface area contributed by atoms with Crippen molar-refractivity contribution in [2.75, 3.05) is 5.32 Å². The smallest absolute Gasteiger partial charge is 0.180 e. The molecule has 0 amide bonds. The van der Waals surface area contributed by atoms with E-state index in [4.69, 9.17) is 4.98 Å². The first-order chi connectivity index (χ1) is 13.7. The van der Waals surface area contributed by atoms with Crippen molar-refractivity contribution >= 4 is 38.7 Å². The summed E-state index contributed by atoms with van der Waals surface area (Å²) < 4.78 is 3.11. The number of imidazole rings is 1. The number of hydrogen-bond donors (Lipinski definition) is 2. The maximum atomic E-state index is 9.69. The molecule has 7 heteroatoms. The fourth-order valence-corrected chi connectivity index (χ4v) is 3.81. The van der Waals surface area contributed by atoms with Crippen molar-refractivity contribution in [2.45, 2.75) is 13.0 Å². The number of aromatic nitrogens is 4. The van der Waals surface area contributed by atoms with Crippen LogP contribution in [0.4, 0.5) is 11.5 Å². The zero-order valence-corrected chi connectivity index (χ0v) is 15.9. The summed E-state index contributed by atoms with van der Waals surface area (Å²) in [5.41, 5.74) is 7.16. The van der Waals surface area contributed by atoms with E-state index in [2.05, 4.69) is 33.5 Å². The normalized spacial score (nSPS) is 12.5. The molecule has 0 saturated carbocycles. The van der Waals surface area contributed by atoms with Gasteiger partial charge in [-0.15, -0.1) is 11.3 Å². The Kier molecular flexibility index (Phi) is 4.03. The van der Waals surface area contributed by atoms with Crippen LogP contribution in [0.5, 0.6) is 0 Å². The molecule has 0 unspecified atom stereocenters. The highest BCUT2D eigenvalue weighted by Gasteiger charge is 2.11. The van der Waals surface area contributed by atoms with Crippen LogP contribution in [0.15, 0.2) is 66.6 Å². The van der Waals surface area contributed by atoms with E-state index in [1.807, 2.05) is 46.6 Å². The number of benzene rings is 2. The Morgan fingerprint density at radius 1 is 1.11 bits per heavy atom. The van der Waals surface area contributed by atoms with Gasteiger partial charge in [0.15, 0.2) is 11.5 Å². The minimum Gasteiger partial charge on any atom is -0.389 e. The maximum absolute atomic E-state index is 9.69. The Morgan fingerprint density at radius 3 is 2.79 bits per heavy atom. The van der Waals surface area contributed by atoms with Gasteiger partial charge in [-0.25, -0.2) is 15.0 Å². The highest BCUT2D eigenvalue weighted by atomic mass is 32.1. The van der Waals surface area contributed by atoms with E-state index >= 15 is 0 Å². The van der Waals surface area contributed by atoms with Gasteiger partial charge in [0.25, 0.3) is 0 Å². The van der Waals surface area contributed by atoms with Crippen molar-refractivity contribution < 1.29 is 5.11 Å². The first-order valence-electron chi connectivity index (χ1n) is 8.90. The van der Waals surface area contributed by atoms with E-state index in [0.717, 1.165) is 38.4 Å². The van der Waals surface area contributed by atoms with E-state index in [1.165, 1.54) is 0 Å². The summed E-state index contributed by atoms with van der Waals surface area (Å²) in [4.78, 5) is 13.6. The highest BCUT2D eigenvalue weighted by molar-refractivity contribution is 7.16. The van der Waals surface area contributed by atoms with E-state index in [-0.39, 0.29) is 0 Å². The molecule has 0 saturated heterocycles. The molecular weight excluding hydrogens is 370 g/mol. The van der Waals surface area contributed by atoms with Gasteiger partial charge in [-0.3, -0.25) is 0 Å². The Morgan fingerprint density at radius 2 is 1.96 bits per heavy atom. The van der Waals surface area contributed by atoms with Crippen molar-refractivity contribution in [3.63, 3.8) is 0 Å². The van der Waals surface area contributed by atoms with Crippen LogP contribution in [0, 0.1) is 0 Å². The molecule has 0 aliphatic heterocycles. The lowest BCUT2D eigenvalue weighted by atomic mass is 10.1. The third-order valence-corrected chi connectivity index (χ3v) is 5.47. The van der Waals surface area contributed by atoms with Gasteiger partial charge in [0.2, 0.25) is 0 Å². The largest absolute Gasteiger partial charge is 0.389 e. The Hall–Kier alpha value is -3.29. The van der Waals surface area contributed by atoms with Crippen molar-refractivity contribution in [2.24, 2.45) is 0 Å². The van der Waals surface area contributed by atoms with E-state index < -0.39 is 6.10 Å². The van der Waals surface area contributed by atoms with Crippen LogP contribution in [0.2, 0.25) is 0 Å². The zero-order valence-electron chi connectivity index (χ0n) is 15.1. The number of aliphatic hydroxyl groups is 1. The second-order valence-electron chi connectivity index (χ2n) is 6.59. The fraction of sp³-hybridized carbons (Fsp3) is 0.0952. The summed E-state index contributed by atoms with van der Waals surface area (Å²) >= 11 is 1.63. The molecule has 0 aliphatic carbocycles. The number of aliphatic hydroxyl groups excluding tert-OH is 1. The molecule has 0 fully saturated rings. The molecule has 5 aromatic rings. The van der Waals surface area contributed by atoms with Gasteiger partial charge in [-0.2, -0.15) is 0 Å². The quantitative estimate of drug-likeness (QED) is 0.463. The molecule has 3 aromatic heterocycles. The average molecular weight is 387 g/mol. The SMILES string of the molecule is C[C@H](O)c1ccc(Nc2nc(-c3ccc4scnc4c3)cn3ccnc23)cc1. The topological polar surface area (TPSA) is 75.3 Å². The summed E-state index contributed by atoms with van der Waals surface area (Å²) in [6, 6.07) is 13.8. The van der Waals surface area contributed by atoms with Crippen LogP contribution in [0.25, 0.3) is 27.1 Å². The van der Waals surface area contributed by atoms with E-state index in [0.29, 0.717) is 5.82 Å². The number of rotatable bonds is 4. The zero-order chi connectivity index (χ0) is 19.1. The molecule has 138 valence electrons. The minimum atomic E-state index is -0.491. The predicted molar refractivity (Wildman–Crippen MR) is 112 cm³/mol. The van der Waals surface area contributed by atoms with E-state index in [1.54, 1.807) is 24.5 Å². The van der Waals surface area contributed by atoms with Gasteiger partial charge >= 0.3 is 0 Å². The van der Waals surface area contributed by atoms with Gasteiger partial charge in [-0.05, 0) is 36.8 Å². The lowest BCUT2D eigenvalue weighted by molar-refractivity contribution is 0.199. The molecule has 0 aliphatic rings. The number of nitrogens with zero attached hydrogens (tertiary/aromatic N) is 4. The molecule has 0 spiro atoms. The molecule has 2 aromatic carbocycles. The first-order valence-corrected chi connectivity index (χ1v) is 9.78. The van der Waals surface area contributed by atoms with Crippen molar-refractivity contribution in [1.29, 1.82) is 0 Å². The Bertz CT molecular complexity index is 1270. The summed E-state index contributed by atoms with van der Waals surface area (Å²) in [7, 11) is 0. The molecular formula is C21H17N5OS. The van der Waals surface area contributed by atoms with Gasteiger partial charge < -0.3 is 14.8 Å². The lowest BCUT2D eigenvalue weighted by Crippen LogP contribution is -2.00. The van der Waals surface area contributed by atoms with Gasteiger partial charge in [0, 0.05) is 29.8 Å². The van der Waals surface area contributed by atoms with Crippen LogP contribution in [0.3, 0.4) is 0 Å². The number of hydrogen-bond acceptors (Lipinski definition) is 6. The van der Waals surface area contributed by atoms with Crippen molar-refractivity contribution in [3.05, 3.63) is 72.1 Å². The Labute approximate surface area is 165 Å². The second kappa shape index (κ2) is 6.70. The van der Waals surface area contributed by atoms with E-state index in [9.17, 15) is 5.11 Å². The molecule has 3 heterocycles. The first kappa shape index (κ1) is 16.9.